The number of amides is 1. The fourth-order valence-corrected chi connectivity index (χ4v) is 2.85. The van der Waals surface area contributed by atoms with Gasteiger partial charge in [-0.15, -0.1) is 0 Å². The van der Waals surface area contributed by atoms with Crippen molar-refractivity contribution < 1.29 is 19.5 Å². The Kier molecular flexibility index (Phi) is 5.79. The average molecular weight is 347 g/mol. The minimum atomic E-state index is -0.747. The first kappa shape index (κ1) is 18.9. The number of rotatable bonds is 7. The molecule has 0 radical (unpaired) electrons. The molecule has 1 fully saturated rings. The lowest BCUT2D eigenvalue weighted by molar-refractivity contribution is -0.145. The quantitative estimate of drug-likeness (QED) is 0.506. The van der Waals surface area contributed by atoms with Gasteiger partial charge in [0.25, 0.3) is 5.91 Å². The Bertz CT molecular complexity index is 683. The summed E-state index contributed by atoms with van der Waals surface area (Å²) >= 11 is 0. The zero-order valence-electron chi connectivity index (χ0n) is 15.0. The summed E-state index contributed by atoms with van der Waals surface area (Å²) in [5.74, 6) is -1.55. The Morgan fingerprint density at radius 1 is 1.16 bits per heavy atom. The lowest BCUT2D eigenvalue weighted by Crippen LogP contribution is -2.68. The van der Waals surface area contributed by atoms with E-state index in [1.807, 2.05) is 13.8 Å². The SMILES string of the molecule is CCC(CC)NC1C(=O)C(=O)C1Nc1cccc(C(=O)N(C)C)c1O. The Labute approximate surface area is 147 Å². The molecule has 1 saturated carbocycles. The van der Waals surface area contributed by atoms with E-state index in [2.05, 4.69) is 10.6 Å². The van der Waals surface area contributed by atoms with Crippen molar-refractivity contribution in [3.8, 4) is 5.75 Å². The Morgan fingerprint density at radius 3 is 2.32 bits per heavy atom. The molecule has 136 valence electrons. The molecule has 7 heteroatoms. The molecular weight excluding hydrogens is 322 g/mol. The van der Waals surface area contributed by atoms with E-state index in [1.165, 1.54) is 11.0 Å². The summed E-state index contributed by atoms with van der Waals surface area (Å²) < 4.78 is 0. The van der Waals surface area contributed by atoms with Crippen molar-refractivity contribution in [2.45, 2.75) is 44.8 Å². The van der Waals surface area contributed by atoms with Crippen LogP contribution in [0.3, 0.4) is 0 Å². The van der Waals surface area contributed by atoms with Crippen LogP contribution in [-0.4, -0.2) is 59.7 Å². The van der Waals surface area contributed by atoms with E-state index in [1.54, 1.807) is 26.2 Å². The number of hydrogen-bond acceptors (Lipinski definition) is 6. The van der Waals surface area contributed by atoms with Gasteiger partial charge in [0.05, 0.1) is 11.3 Å². The third-order valence-electron chi connectivity index (χ3n) is 4.53. The summed E-state index contributed by atoms with van der Waals surface area (Å²) in [7, 11) is 3.18. The van der Waals surface area contributed by atoms with Crippen molar-refractivity contribution in [1.29, 1.82) is 0 Å². The maximum absolute atomic E-state index is 12.1. The fourth-order valence-electron chi connectivity index (χ4n) is 2.85. The molecule has 1 aliphatic rings. The predicted molar refractivity (Wildman–Crippen MR) is 94.8 cm³/mol. The normalized spacial score (nSPS) is 19.7. The number of anilines is 1. The Balaban J connectivity index is 2.20. The van der Waals surface area contributed by atoms with Gasteiger partial charge in [0.1, 0.15) is 12.1 Å². The van der Waals surface area contributed by atoms with Gasteiger partial charge in [-0.1, -0.05) is 19.9 Å². The van der Waals surface area contributed by atoms with Crippen LogP contribution < -0.4 is 10.6 Å². The van der Waals surface area contributed by atoms with Crippen molar-refractivity contribution in [1.82, 2.24) is 10.2 Å². The van der Waals surface area contributed by atoms with Crippen LogP contribution in [0.25, 0.3) is 0 Å². The van der Waals surface area contributed by atoms with Crippen molar-refractivity contribution in [2.24, 2.45) is 0 Å². The van der Waals surface area contributed by atoms with E-state index in [0.717, 1.165) is 12.8 Å². The topological polar surface area (TPSA) is 98.7 Å². The van der Waals surface area contributed by atoms with Crippen LogP contribution in [-0.2, 0) is 9.59 Å². The summed E-state index contributed by atoms with van der Waals surface area (Å²) in [4.78, 5) is 37.3. The number of carbonyl (C=O) groups is 3. The molecule has 25 heavy (non-hydrogen) atoms. The van der Waals surface area contributed by atoms with Crippen molar-refractivity contribution in [2.75, 3.05) is 19.4 Å². The first-order chi connectivity index (χ1) is 11.8. The molecule has 0 aliphatic heterocycles. The van der Waals surface area contributed by atoms with Gasteiger partial charge in [0.2, 0.25) is 11.6 Å². The number of nitrogens with zero attached hydrogens (tertiary/aromatic N) is 1. The molecular formula is C18H25N3O4. The number of benzene rings is 1. The Morgan fingerprint density at radius 2 is 1.76 bits per heavy atom. The van der Waals surface area contributed by atoms with Crippen LogP contribution in [0.5, 0.6) is 5.75 Å². The fraction of sp³-hybridized carbons (Fsp3) is 0.500. The maximum atomic E-state index is 12.1. The molecule has 2 rings (SSSR count). The molecule has 0 saturated heterocycles. The van der Waals surface area contributed by atoms with E-state index in [0.29, 0.717) is 0 Å². The molecule has 2 unspecified atom stereocenters. The lowest BCUT2D eigenvalue weighted by Gasteiger charge is -2.37. The minimum absolute atomic E-state index is 0.137. The van der Waals surface area contributed by atoms with Crippen LogP contribution >= 0.6 is 0 Å². The number of aromatic hydroxyl groups is 1. The maximum Gasteiger partial charge on any atom is 0.257 e. The number of hydrogen-bond donors (Lipinski definition) is 3. The number of carbonyl (C=O) groups excluding carboxylic acids is 3. The first-order valence-corrected chi connectivity index (χ1v) is 8.46. The average Bonchev–Trinajstić information content (AvgIpc) is 2.61. The third-order valence-corrected chi connectivity index (χ3v) is 4.53. The summed E-state index contributed by atoms with van der Waals surface area (Å²) in [6.45, 7) is 4.02. The van der Waals surface area contributed by atoms with E-state index in [9.17, 15) is 19.5 Å². The Hall–Kier alpha value is -2.41. The molecule has 0 bridgehead atoms. The second kappa shape index (κ2) is 7.65. The first-order valence-electron chi connectivity index (χ1n) is 8.46. The van der Waals surface area contributed by atoms with Gasteiger partial charge in [-0.05, 0) is 25.0 Å². The highest BCUT2D eigenvalue weighted by atomic mass is 16.3. The molecule has 0 spiro atoms. The highest BCUT2D eigenvalue weighted by Gasteiger charge is 2.49. The molecule has 3 N–H and O–H groups in total. The highest BCUT2D eigenvalue weighted by Crippen LogP contribution is 2.31. The molecule has 0 aromatic heterocycles. The van der Waals surface area contributed by atoms with Crippen LogP contribution in [0.2, 0.25) is 0 Å². The minimum Gasteiger partial charge on any atom is -0.505 e. The number of ketones is 2. The van der Waals surface area contributed by atoms with E-state index < -0.39 is 23.7 Å². The number of para-hydroxylation sites is 1. The molecule has 0 heterocycles. The predicted octanol–water partition coefficient (Wildman–Crippen LogP) is 1.17. The molecule has 1 aromatic rings. The van der Waals surface area contributed by atoms with Gasteiger partial charge < -0.3 is 20.6 Å². The number of phenols is 1. The standard InChI is InChI=1S/C18H25N3O4/c1-5-10(6-2)19-13-14(17(24)16(13)23)20-12-9-7-8-11(15(12)22)18(25)21(3)4/h7-10,13-14,19-20,22H,5-6H2,1-4H3. The van der Waals surface area contributed by atoms with Gasteiger partial charge in [-0.3, -0.25) is 14.4 Å². The van der Waals surface area contributed by atoms with E-state index in [-0.39, 0.29) is 28.9 Å². The molecule has 7 nitrogen and oxygen atoms in total. The van der Waals surface area contributed by atoms with E-state index >= 15 is 0 Å². The van der Waals surface area contributed by atoms with Gasteiger partial charge in [-0.2, -0.15) is 0 Å². The van der Waals surface area contributed by atoms with Crippen molar-refractivity contribution in [3.63, 3.8) is 0 Å². The molecule has 1 amide bonds. The molecule has 1 aromatic carbocycles. The van der Waals surface area contributed by atoms with Gasteiger partial charge >= 0.3 is 0 Å². The summed E-state index contributed by atoms with van der Waals surface area (Å²) in [5, 5.41) is 16.5. The van der Waals surface area contributed by atoms with Gasteiger partial charge in [0.15, 0.2) is 5.75 Å². The monoisotopic (exact) mass is 347 g/mol. The number of phenolic OH excluding ortho intramolecular Hbond substituents is 1. The van der Waals surface area contributed by atoms with Crippen LogP contribution in [0.1, 0.15) is 37.0 Å². The third kappa shape index (κ3) is 3.66. The van der Waals surface area contributed by atoms with Gasteiger partial charge in [0, 0.05) is 20.1 Å². The van der Waals surface area contributed by atoms with Crippen LogP contribution in [0.15, 0.2) is 18.2 Å². The summed E-state index contributed by atoms with van der Waals surface area (Å²) in [6, 6.07) is 3.48. The van der Waals surface area contributed by atoms with Gasteiger partial charge in [-0.25, -0.2) is 0 Å². The smallest absolute Gasteiger partial charge is 0.257 e. The molecule has 1 aliphatic carbocycles. The number of Topliss-reactive ketones (excluding diaryl/α,β-unsaturated/α-hetero) is 2. The van der Waals surface area contributed by atoms with Crippen LogP contribution in [0, 0.1) is 0 Å². The number of nitrogens with one attached hydrogen (secondary N) is 2. The zero-order chi connectivity index (χ0) is 18.7. The van der Waals surface area contributed by atoms with Crippen LogP contribution in [0.4, 0.5) is 5.69 Å². The molecule has 2 atom stereocenters. The highest BCUT2D eigenvalue weighted by molar-refractivity contribution is 6.49. The lowest BCUT2D eigenvalue weighted by atomic mass is 9.82. The van der Waals surface area contributed by atoms with Crippen molar-refractivity contribution in [3.05, 3.63) is 23.8 Å². The largest absolute Gasteiger partial charge is 0.505 e. The second-order valence-corrected chi connectivity index (χ2v) is 6.41. The summed E-state index contributed by atoms with van der Waals surface area (Å²) in [5.41, 5.74) is 0.396. The van der Waals surface area contributed by atoms with Crippen molar-refractivity contribution >= 4 is 23.2 Å². The zero-order valence-corrected chi connectivity index (χ0v) is 15.0. The second-order valence-electron chi connectivity index (χ2n) is 6.41. The summed E-state index contributed by atoms with van der Waals surface area (Å²) in [6.07, 6.45) is 1.69. The van der Waals surface area contributed by atoms with E-state index in [4.69, 9.17) is 0 Å².